The van der Waals surface area contributed by atoms with Gasteiger partial charge >= 0.3 is 5.97 Å². The van der Waals surface area contributed by atoms with Crippen LogP contribution in [0.1, 0.15) is 10.4 Å². The molecule has 1 N–H and O–H groups in total. The summed E-state index contributed by atoms with van der Waals surface area (Å²) in [6.07, 6.45) is 3.28. The Morgan fingerprint density at radius 2 is 1.62 bits per heavy atom. The van der Waals surface area contributed by atoms with Crippen molar-refractivity contribution >= 4 is 5.97 Å². The highest BCUT2D eigenvalue weighted by molar-refractivity contribution is 5.87. The minimum absolute atomic E-state index is 0.331. The van der Waals surface area contributed by atoms with E-state index < -0.39 is 5.97 Å². The number of allylic oxidation sites excluding steroid dienone is 2. The first-order valence-electron chi connectivity index (χ1n) is 3.74. The van der Waals surface area contributed by atoms with E-state index in [-0.39, 0.29) is 0 Å². The second-order valence-corrected chi connectivity index (χ2v) is 2.14. The SMILES string of the molecule is C=CC=C.O=C(O)c1ccccc1. The molecule has 1 rings (SSSR count). The third-order valence-electron chi connectivity index (χ3n) is 1.19. The molecule has 0 aromatic heterocycles. The summed E-state index contributed by atoms with van der Waals surface area (Å²) in [4.78, 5) is 10.2. The van der Waals surface area contributed by atoms with Gasteiger partial charge in [0.25, 0.3) is 0 Å². The summed E-state index contributed by atoms with van der Waals surface area (Å²) < 4.78 is 0. The highest BCUT2D eigenvalue weighted by atomic mass is 16.4. The van der Waals surface area contributed by atoms with Crippen molar-refractivity contribution in [1.29, 1.82) is 0 Å². The Balaban J connectivity index is 0.000000310. The van der Waals surface area contributed by atoms with E-state index in [0.717, 1.165) is 0 Å². The number of carboxylic acids is 1. The molecule has 0 fully saturated rings. The van der Waals surface area contributed by atoms with Crippen LogP contribution in [0.25, 0.3) is 0 Å². The van der Waals surface area contributed by atoms with Crippen LogP contribution in [0.3, 0.4) is 0 Å². The van der Waals surface area contributed by atoms with Crippen LogP contribution in [-0.4, -0.2) is 11.1 Å². The molecule has 0 aliphatic rings. The summed E-state index contributed by atoms with van der Waals surface area (Å²) in [5, 5.41) is 8.38. The van der Waals surface area contributed by atoms with Crippen molar-refractivity contribution in [3.8, 4) is 0 Å². The van der Waals surface area contributed by atoms with Crippen LogP contribution < -0.4 is 0 Å². The lowest BCUT2D eigenvalue weighted by Gasteiger charge is -1.88. The molecule has 0 bridgehead atoms. The fourth-order valence-electron chi connectivity index (χ4n) is 0.581. The molecule has 0 unspecified atom stereocenters. The molecule has 1 aromatic rings. The standard InChI is InChI=1S/C7H6O2.C4H6/c8-7(9)6-4-2-1-3-5-6;1-3-4-2/h1-5H,(H,8,9);3-4H,1-2H2. The van der Waals surface area contributed by atoms with Crippen molar-refractivity contribution in [2.75, 3.05) is 0 Å². The second-order valence-electron chi connectivity index (χ2n) is 2.14. The molecule has 0 radical (unpaired) electrons. The molecule has 2 heteroatoms. The lowest BCUT2D eigenvalue weighted by molar-refractivity contribution is 0.0697. The number of hydrogen-bond donors (Lipinski definition) is 1. The van der Waals surface area contributed by atoms with Gasteiger partial charge in [-0.2, -0.15) is 0 Å². The maximum absolute atomic E-state index is 10.2. The van der Waals surface area contributed by atoms with Crippen LogP contribution in [0.15, 0.2) is 55.6 Å². The van der Waals surface area contributed by atoms with E-state index >= 15 is 0 Å². The molecule has 0 spiro atoms. The minimum Gasteiger partial charge on any atom is -0.478 e. The summed E-state index contributed by atoms with van der Waals surface area (Å²) in [6.45, 7) is 6.72. The lowest BCUT2D eigenvalue weighted by atomic mass is 10.2. The highest BCUT2D eigenvalue weighted by Gasteiger charge is 1.96. The highest BCUT2D eigenvalue weighted by Crippen LogP contribution is 1.96. The maximum atomic E-state index is 10.2. The molecule has 0 amide bonds. The molecule has 1 aromatic carbocycles. The van der Waals surface area contributed by atoms with Crippen molar-refractivity contribution in [2.45, 2.75) is 0 Å². The van der Waals surface area contributed by atoms with Gasteiger partial charge in [0.05, 0.1) is 5.56 Å². The number of hydrogen-bond acceptors (Lipinski definition) is 1. The summed E-state index contributed by atoms with van der Waals surface area (Å²) in [6, 6.07) is 8.30. The molecule has 0 aliphatic heterocycles. The van der Waals surface area contributed by atoms with Gasteiger partial charge in [-0.15, -0.1) is 0 Å². The quantitative estimate of drug-likeness (QED) is 0.703. The zero-order valence-electron chi connectivity index (χ0n) is 7.31. The van der Waals surface area contributed by atoms with E-state index in [1.54, 1.807) is 42.5 Å². The Labute approximate surface area is 77.8 Å². The molecule has 0 aliphatic carbocycles. The van der Waals surface area contributed by atoms with Crippen molar-refractivity contribution in [2.24, 2.45) is 0 Å². The van der Waals surface area contributed by atoms with E-state index in [1.807, 2.05) is 0 Å². The lowest BCUT2D eigenvalue weighted by Crippen LogP contribution is -1.93. The molecule has 13 heavy (non-hydrogen) atoms. The van der Waals surface area contributed by atoms with Gasteiger partial charge < -0.3 is 5.11 Å². The molecular formula is C11H12O2. The average Bonchev–Trinajstić information content (AvgIpc) is 2.19. The predicted molar refractivity (Wildman–Crippen MR) is 53.8 cm³/mol. The third-order valence-corrected chi connectivity index (χ3v) is 1.19. The molecule has 0 saturated heterocycles. The van der Waals surface area contributed by atoms with Crippen LogP contribution in [0.5, 0.6) is 0 Å². The number of aromatic carboxylic acids is 1. The first kappa shape index (κ1) is 11.2. The third kappa shape index (κ3) is 5.44. The van der Waals surface area contributed by atoms with Gasteiger partial charge in [-0.1, -0.05) is 43.5 Å². The van der Waals surface area contributed by atoms with Gasteiger partial charge in [0.15, 0.2) is 0 Å². The van der Waals surface area contributed by atoms with Crippen LogP contribution in [0.2, 0.25) is 0 Å². The fourth-order valence-corrected chi connectivity index (χ4v) is 0.581. The molecule has 2 nitrogen and oxygen atoms in total. The van der Waals surface area contributed by atoms with Crippen molar-refractivity contribution in [3.05, 3.63) is 61.2 Å². The zero-order chi connectivity index (χ0) is 10.1. The van der Waals surface area contributed by atoms with Crippen molar-refractivity contribution in [1.82, 2.24) is 0 Å². The van der Waals surface area contributed by atoms with Crippen LogP contribution >= 0.6 is 0 Å². The van der Waals surface area contributed by atoms with Gasteiger partial charge in [-0.3, -0.25) is 0 Å². The minimum atomic E-state index is -0.879. The predicted octanol–water partition coefficient (Wildman–Crippen LogP) is 2.74. The molecule has 0 heterocycles. The van der Waals surface area contributed by atoms with Gasteiger partial charge in [0, 0.05) is 0 Å². The monoisotopic (exact) mass is 176 g/mol. The number of carboxylic acid groups (broad SMARTS) is 1. The van der Waals surface area contributed by atoms with Gasteiger partial charge in [0.2, 0.25) is 0 Å². The van der Waals surface area contributed by atoms with E-state index in [2.05, 4.69) is 13.2 Å². The van der Waals surface area contributed by atoms with Crippen LogP contribution in [0.4, 0.5) is 0 Å². The van der Waals surface area contributed by atoms with E-state index in [0.29, 0.717) is 5.56 Å². The smallest absolute Gasteiger partial charge is 0.335 e. The fraction of sp³-hybridized carbons (Fsp3) is 0. The number of benzene rings is 1. The Bertz CT molecular complexity index is 269. The number of carbonyl (C=O) groups is 1. The van der Waals surface area contributed by atoms with E-state index in [1.165, 1.54) is 0 Å². The summed E-state index contributed by atoms with van der Waals surface area (Å²) >= 11 is 0. The first-order valence-corrected chi connectivity index (χ1v) is 3.74. The zero-order valence-corrected chi connectivity index (χ0v) is 7.31. The molecule has 68 valence electrons. The summed E-state index contributed by atoms with van der Waals surface area (Å²) in [5.41, 5.74) is 0.331. The van der Waals surface area contributed by atoms with Crippen molar-refractivity contribution < 1.29 is 9.90 Å². The number of rotatable bonds is 2. The summed E-state index contributed by atoms with van der Waals surface area (Å²) in [7, 11) is 0. The Morgan fingerprint density at radius 3 is 1.85 bits per heavy atom. The second kappa shape index (κ2) is 6.85. The van der Waals surface area contributed by atoms with Crippen LogP contribution in [0, 0.1) is 0 Å². The maximum Gasteiger partial charge on any atom is 0.335 e. The average molecular weight is 176 g/mol. The largest absolute Gasteiger partial charge is 0.478 e. The van der Waals surface area contributed by atoms with Crippen molar-refractivity contribution in [3.63, 3.8) is 0 Å². The first-order chi connectivity index (χ1) is 6.22. The Kier molecular flexibility index (Phi) is 5.89. The molecule has 0 saturated carbocycles. The molecule has 0 atom stereocenters. The van der Waals surface area contributed by atoms with Gasteiger partial charge in [-0.25, -0.2) is 4.79 Å². The van der Waals surface area contributed by atoms with Crippen LogP contribution in [-0.2, 0) is 0 Å². The van der Waals surface area contributed by atoms with Gasteiger partial charge in [0.1, 0.15) is 0 Å². The summed E-state index contributed by atoms with van der Waals surface area (Å²) in [5.74, 6) is -0.879. The Hall–Kier alpha value is -1.83. The molecular weight excluding hydrogens is 164 g/mol. The van der Waals surface area contributed by atoms with E-state index in [9.17, 15) is 4.79 Å². The normalized spacial score (nSPS) is 7.69. The Morgan fingerprint density at radius 1 is 1.15 bits per heavy atom. The topological polar surface area (TPSA) is 37.3 Å². The van der Waals surface area contributed by atoms with Gasteiger partial charge in [-0.05, 0) is 12.1 Å². The van der Waals surface area contributed by atoms with E-state index in [4.69, 9.17) is 5.11 Å².